The molecule has 0 aliphatic carbocycles. The minimum Gasteiger partial charge on any atom is -0.463 e. The van der Waals surface area contributed by atoms with Crippen LogP contribution in [-0.4, -0.2) is 68.2 Å². The number of hydrogen-bond donors (Lipinski definition) is 0. The van der Waals surface area contributed by atoms with E-state index in [-0.39, 0.29) is 17.6 Å². The van der Waals surface area contributed by atoms with E-state index in [2.05, 4.69) is 4.90 Å². The number of rotatable bonds is 4. The van der Waals surface area contributed by atoms with Crippen molar-refractivity contribution < 1.29 is 23.5 Å². The number of aryl methyl sites for hydroxylation is 1. The monoisotopic (exact) mass is 350 g/mol. The maximum atomic E-state index is 12.7. The third kappa shape index (κ3) is 4.22. The fourth-order valence-corrected chi connectivity index (χ4v) is 3.58. The number of piperidine rings is 1. The van der Waals surface area contributed by atoms with E-state index in [1.807, 2.05) is 17.9 Å². The zero-order chi connectivity index (χ0) is 17.8. The second kappa shape index (κ2) is 8.01. The third-order valence-corrected chi connectivity index (χ3v) is 4.90. The van der Waals surface area contributed by atoms with E-state index in [9.17, 15) is 9.59 Å². The van der Waals surface area contributed by atoms with Gasteiger partial charge in [-0.15, -0.1) is 0 Å². The number of esters is 1. The normalized spacial score (nSPS) is 22.0. The van der Waals surface area contributed by atoms with Crippen molar-refractivity contribution in [1.29, 1.82) is 0 Å². The SMILES string of the molecule is COC(=O)c1oc(CN2CCC[C@H](C(=O)N3CCOCC3)C2)cc1C. The molecule has 1 aromatic rings. The van der Waals surface area contributed by atoms with Crippen LogP contribution >= 0.6 is 0 Å². The van der Waals surface area contributed by atoms with E-state index >= 15 is 0 Å². The lowest BCUT2D eigenvalue weighted by Gasteiger charge is -2.35. The van der Waals surface area contributed by atoms with Crippen molar-refractivity contribution in [2.24, 2.45) is 5.92 Å². The van der Waals surface area contributed by atoms with Gasteiger partial charge < -0.3 is 18.8 Å². The molecule has 0 unspecified atom stereocenters. The molecule has 0 N–H and O–H groups in total. The fourth-order valence-electron chi connectivity index (χ4n) is 3.58. The predicted octanol–water partition coefficient (Wildman–Crippen LogP) is 1.45. The quantitative estimate of drug-likeness (QED) is 0.766. The summed E-state index contributed by atoms with van der Waals surface area (Å²) >= 11 is 0. The molecule has 0 radical (unpaired) electrons. The van der Waals surface area contributed by atoms with Gasteiger partial charge in [-0.05, 0) is 32.4 Å². The van der Waals surface area contributed by atoms with Crippen LogP contribution in [0.1, 0.15) is 34.7 Å². The van der Waals surface area contributed by atoms with Crippen molar-refractivity contribution in [3.8, 4) is 0 Å². The second-order valence-corrected chi connectivity index (χ2v) is 6.73. The Morgan fingerprint density at radius 1 is 1.28 bits per heavy atom. The molecule has 0 bridgehead atoms. The van der Waals surface area contributed by atoms with Crippen LogP contribution in [0.4, 0.5) is 0 Å². The van der Waals surface area contributed by atoms with Gasteiger partial charge in [-0.3, -0.25) is 9.69 Å². The average molecular weight is 350 g/mol. The summed E-state index contributed by atoms with van der Waals surface area (Å²) in [5, 5.41) is 0. The molecule has 7 nitrogen and oxygen atoms in total. The number of ether oxygens (including phenoxy) is 2. The van der Waals surface area contributed by atoms with Gasteiger partial charge in [-0.25, -0.2) is 4.79 Å². The molecule has 2 saturated heterocycles. The summed E-state index contributed by atoms with van der Waals surface area (Å²) in [7, 11) is 1.34. The van der Waals surface area contributed by atoms with Crippen LogP contribution in [-0.2, 0) is 20.8 Å². The van der Waals surface area contributed by atoms with E-state index < -0.39 is 5.97 Å². The van der Waals surface area contributed by atoms with Gasteiger partial charge in [0.05, 0.1) is 32.8 Å². The number of morpholine rings is 1. The molecule has 1 aromatic heterocycles. The van der Waals surface area contributed by atoms with Crippen molar-refractivity contribution in [2.75, 3.05) is 46.5 Å². The van der Waals surface area contributed by atoms with Gasteiger partial charge in [-0.2, -0.15) is 0 Å². The molecule has 0 aromatic carbocycles. The highest BCUT2D eigenvalue weighted by molar-refractivity contribution is 5.87. The molecule has 0 saturated carbocycles. The van der Waals surface area contributed by atoms with Crippen molar-refractivity contribution in [3.63, 3.8) is 0 Å². The first-order valence-corrected chi connectivity index (χ1v) is 8.85. The van der Waals surface area contributed by atoms with Gasteiger partial charge in [0, 0.05) is 25.2 Å². The number of nitrogens with zero attached hydrogens (tertiary/aromatic N) is 2. The first kappa shape index (κ1) is 17.9. The molecule has 138 valence electrons. The number of hydrogen-bond acceptors (Lipinski definition) is 6. The maximum Gasteiger partial charge on any atom is 0.374 e. The van der Waals surface area contributed by atoms with E-state index in [1.165, 1.54) is 7.11 Å². The predicted molar refractivity (Wildman–Crippen MR) is 90.2 cm³/mol. The highest BCUT2D eigenvalue weighted by Gasteiger charge is 2.30. The Bertz CT molecular complexity index is 621. The van der Waals surface area contributed by atoms with Crippen molar-refractivity contribution in [2.45, 2.75) is 26.3 Å². The maximum absolute atomic E-state index is 12.7. The summed E-state index contributed by atoms with van der Waals surface area (Å²) in [5.74, 6) is 0.803. The van der Waals surface area contributed by atoms with Gasteiger partial charge in [-0.1, -0.05) is 0 Å². The lowest BCUT2D eigenvalue weighted by atomic mass is 9.96. The van der Waals surface area contributed by atoms with Crippen molar-refractivity contribution in [3.05, 3.63) is 23.2 Å². The summed E-state index contributed by atoms with van der Waals surface area (Å²) < 4.78 is 15.7. The smallest absolute Gasteiger partial charge is 0.374 e. The molecule has 3 rings (SSSR count). The fraction of sp³-hybridized carbons (Fsp3) is 0.667. The molecule has 25 heavy (non-hydrogen) atoms. The highest BCUT2D eigenvalue weighted by Crippen LogP contribution is 2.23. The molecule has 0 spiro atoms. The largest absolute Gasteiger partial charge is 0.463 e. The minimum absolute atomic E-state index is 0.0305. The minimum atomic E-state index is -0.456. The molecule has 1 atom stereocenters. The average Bonchev–Trinajstić information content (AvgIpc) is 3.01. The van der Waals surface area contributed by atoms with Gasteiger partial charge in [0.25, 0.3) is 0 Å². The van der Waals surface area contributed by atoms with E-state index in [4.69, 9.17) is 13.9 Å². The van der Waals surface area contributed by atoms with Crippen LogP contribution < -0.4 is 0 Å². The van der Waals surface area contributed by atoms with Crippen molar-refractivity contribution in [1.82, 2.24) is 9.80 Å². The Balaban J connectivity index is 1.60. The number of furan rings is 1. The van der Waals surface area contributed by atoms with Crippen LogP contribution in [0.15, 0.2) is 10.5 Å². The lowest BCUT2D eigenvalue weighted by Crippen LogP contribution is -2.48. The zero-order valence-electron chi connectivity index (χ0n) is 15.0. The molecule has 2 fully saturated rings. The Hall–Kier alpha value is -1.86. The molecule has 2 aliphatic rings. The van der Waals surface area contributed by atoms with Crippen LogP contribution in [0.25, 0.3) is 0 Å². The summed E-state index contributed by atoms with van der Waals surface area (Å²) in [6, 6.07) is 1.87. The molecule has 2 aliphatic heterocycles. The Labute approximate surface area is 147 Å². The first-order valence-electron chi connectivity index (χ1n) is 8.85. The number of amides is 1. The topological polar surface area (TPSA) is 72.2 Å². The lowest BCUT2D eigenvalue weighted by molar-refractivity contribution is -0.141. The molecule has 1 amide bonds. The van der Waals surface area contributed by atoms with Crippen LogP contribution in [0, 0.1) is 12.8 Å². The molecular weight excluding hydrogens is 324 g/mol. The van der Waals surface area contributed by atoms with Crippen molar-refractivity contribution >= 4 is 11.9 Å². The van der Waals surface area contributed by atoms with E-state index in [0.717, 1.165) is 37.3 Å². The number of carbonyl (C=O) groups is 2. The summed E-state index contributed by atoms with van der Waals surface area (Å²) in [5.41, 5.74) is 0.778. The summed E-state index contributed by atoms with van der Waals surface area (Å²) in [6.07, 6.45) is 1.92. The van der Waals surface area contributed by atoms with E-state index in [1.54, 1.807) is 0 Å². The van der Waals surface area contributed by atoms with Gasteiger partial charge >= 0.3 is 5.97 Å². The number of carbonyl (C=O) groups excluding carboxylic acids is 2. The first-order chi connectivity index (χ1) is 12.1. The number of methoxy groups -OCH3 is 1. The van der Waals surface area contributed by atoms with Gasteiger partial charge in [0.2, 0.25) is 11.7 Å². The highest BCUT2D eigenvalue weighted by atomic mass is 16.5. The van der Waals surface area contributed by atoms with Crippen LogP contribution in [0.2, 0.25) is 0 Å². The Kier molecular flexibility index (Phi) is 5.75. The molecular formula is C18H26N2O5. The zero-order valence-corrected chi connectivity index (χ0v) is 15.0. The number of likely N-dealkylation sites (tertiary alicyclic amines) is 1. The third-order valence-electron chi connectivity index (χ3n) is 4.90. The van der Waals surface area contributed by atoms with Crippen LogP contribution in [0.3, 0.4) is 0 Å². The molecule has 7 heteroatoms. The van der Waals surface area contributed by atoms with E-state index in [0.29, 0.717) is 32.8 Å². The summed E-state index contributed by atoms with van der Waals surface area (Å²) in [6.45, 7) is 6.73. The second-order valence-electron chi connectivity index (χ2n) is 6.73. The summed E-state index contributed by atoms with van der Waals surface area (Å²) in [4.78, 5) is 28.5. The Morgan fingerprint density at radius 2 is 2.04 bits per heavy atom. The van der Waals surface area contributed by atoms with Crippen LogP contribution in [0.5, 0.6) is 0 Å². The standard InChI is InChI=1S/C18H26N2O5/c1-13-10-15(25-16(13)18(22)23-2)12-19-5-3-4-14(11-19)17(21)20-6-8-24-9-7-20/h10,14H,3-9,11-12H2,1-2H3/t14-/m0/s1. The Morgan fingerprint density at radius 3 is 2.76 bits per heavy atom. The molecule has 3 heterocycles. The van der Waals surface area contributed by atoms with Gasteiger partial charge in [0.15, 0.2) is 0 Å². The van der Waals surface area contributed by atoms with Gasteiger partial charge in [0.1, 0.15) is 5.76 Å².